The predicted molar refractivity (Wildman–Crippen MR) is 64.2 cm³/mol. The molecule has 1 aromatic rings. The number of hydrogen-bond donors (Lipinski definition) is 1. The van der Waals surface area contributed by atoms with Crippen LogP contribution in [0.3, 0.4) is 0 Å². The van der Waals surface area contributed by atoms with Crippen LogP contribution in [0.1, 0.15) is 24.0 Å². The van der Waals surface area contributed by atoms with Crippen LogP contribution < -0.4 is 15.2 Å². The van der Waals surface area contributed by atoms with Gasteiger partial charge in [0.2, 0.25) is 0 Å². The normalized spacial score (nSPS) is 13.8. The van der Waals surface area contributed by atoms with Gasteiger partial charge in [-0.2, -0.15) is 0 Å². The number of aryl methyl sites for hydroxylation is 1. The Labute approximate surface area is 101 Å². The third-order valence-corrected chi connectivity index (χ3v) is 2.83. The number of halogens is 1. The quantitative estimate of drug-likeness (QED) is 0.801. The van der Waals surface area contributed by atoms with E-state index < -0.39 is 6.67 Å². The molecule has 0 saturated carbocycles. The second-order valence-electron chi connectivity index (χ2n) is 4.16. The van der Waals surface area contributed by atoms with Crippen LogP contribution in [0.2, 0.25) is 0 Å². The van der Waals surface area contributed by atoms with Crippen molar-refractivity contribution in [3.05, 3.63) is 23.3 Å². The van der Waals surface area contributed by atoms with Crippen LogP contribution in [0.25, 0.3) is 0 Å². The van der Waals surface area contributed by atoms with Gasteiger partial charge in [0.25, 0.3) is 0 Å². The average molecular weight is 239 g/mol. The maximum absolute atomic E-state index is 12.7. The van der Waals surface area contributed by atoms with Gasteiger partial charge in [-0.25, -0.2) is 4.39 Å². The van der Waals surface area contributed by atoms with E-state index in [2.05, 4.69) is 0 Å². The van der Waals surface area contributed by atoms with Gasteiger partial charge in [-0.15, -0.1) is 0 Å². The lowest BCUT2D eigenvalue weighted by Gasteiger charge is -2.22. The summed E-state index contributed by atoms with van der Waals surface area (Å²) >= 11 is 0. The molecule has 4 heteroatoms. The lowest BCUT2D eigenvalue weighted by atomic mass is 10.0. The molecule has 3 nitrogen and oxygen atoms in total. The van der Waals surface area contributed by atoms with Crippen molar-refractivity contribution in [1.82, 2.24) is 0 Å². The summed E-state index contributed by atoms with van der Waals surface area (Å²) in [6.07, 6.45) is 2.81. The smallest absolute Gasteiger partial charge is 0.164 e. The van der Waals surface area contributed by atoms with Crippen LogP contribution in [0.15, 0.2) is 12.1 Å². The van der Waals surface area contributed by atoms with E-state index in [1.165, 1.54) is 0 Å². The fourth-order valence-electron chi connectivity index (χ4n) is 2.01. The molecule has 0 radical (unpaired) electrons. The van der Waals surface area contributed by atoms with Crippen LogP contribution in [0, 0.1) is 0 Å². The zero-order valence-electron chi connectivity index (χ0n) is 9.88. The van der Waals surface area contributed by atoms with Gasteiger partial charge in [0, 0.05) is 0 Å². The van der Waals surface area contributed by atoms with E-state index >= 15 is 0 Å². The third-order valence-electron chi connectivity index (χ3n) is 2.83. The Morgan fingerprint density at radius 1 is 1.18 bits per heavy atom. The highest BCUT2D eigenvalue weighted by atomic mass is 19.1. The van der Waals surface area contributed by atoms with Crippen LogP contribution >= 0.6 is 0 Å². The summed E-state index contributed by atoms with van der Waals surface area (Å²) in [6.45, 7) is 1.31. The molecule has 0 aromatic heterocycles. The largest absolute Gasteiger partial charge is 0.486 e. The zero-order valence-corrected chi connectivity index (χ0v) is 9.88. The third kappa shape index (κ3) is 2.88. The average Bonchev–Trinajstić information content (AvgIpc) is 2.38. The summed E-state index contributed by atoms with van der Waals surface area (Å²) in [4.78, 5) is 0. The van der Waals surface area contributed by atoms with E-state index in [4.69, 9.17) is 15.2 Å². The SMILES string of the molecule is NCCCCc1cc(CF)cc2c1OCCO2. The molecule has 0 bridgehead atoms. The maximum atomic E-state index is 12.7. The molecule has 94 valence electrons. The number of rotatable bonds is 5. The summed E-state index contributed by atoms with van der Waals surface area (Å²) in [6, 6.07) is 3.59. The van der Waals surface area contributed by atoms with E-state index in [0.717, 1.165) is 30.6 Å². The summed E-state index contributed by atoms with van der Waals surface area (Å²) in [5.74, 6) is 1.46. The number of fused-ring (bicyclic) bond motifs is 1. The molecule has 0 spiro atoms. The molecular formula is C13H18FNO2. The van der Waals surface area contributed by atoms with E-state index in [9.17, 15) is 4.39 Å². The fourth-order valence-corrected chi connectivity index (χ4v) is 2.01. The first kappa shape index (κ1) is 12.2. The first-order valence-corrected chi connectivity index (χ1v) is 6.02. The Morgan fingerprint density at radius 3 is 2.76 bits per heavy atom. The van der Waals surface area contributed by atoms with Crippen molar-refractivity contribution in [3.8, 4) is 11.5 Å². The number of alkyl halides is 1. The minimum atomic E-state index is -0.472. The van der Waals surface area contributed by atoms with Crippen molar-refractivity contribution < 1.29 is 13.9 Å². The second-order valence-corrected chi connectivity index (χ2v) is 4.16. The number of nitrogens with two attached hydrogens (primary N) is 1. The molecule has 2 rings (SSSR count). The molecule has 1 aliphatic rings. The Bertz CT molecular complexity index is 382. The van der Waals surface area contributed by atoms with E-state index in [1.54, 1.807) is 6.07 Å². The summed E-state index contributed by atoms with van der Waals surface area (Å²) < 4.78 is 23.8. The van der Waals surface area contributed by atoms with Crippen LogP contribution in [-0.2, 0) is 13.1 Å². The Balaban J connectivity index is 2.21. The van der Waals surface area contributed by atoms with Crippen LogP contribution in [-0.4, -0.2) is 19.8 Å². The van der Waals surface area contributed by atoms with Gasteiger partial charge in [0.15, 0.2) is 11.5 Å². The maximum Gasteiger partial charge on any atom is 0.164 e. The van der Waals surface area contributed by atoms with Crippen molar-refractivity contribution in [2.24, 2.45) is 5.73 Å². The van der Waals surface area contributed by atoms with Gasteiger partial charge in [0.1, 0.15) is 19.9 Å². The first-order valence-electron chi connectivity index (χ1n) is 6.02. The molecule has 17 heavy (non-hydrogen) atoms. The van der Waals surface area contributed by atoms with E-state index in [-0.39, 0.29) is 0 Å². The number of hydrogen-bond acceptors (Lipinski definition) is 3. The summed E-state index contributed by atoms with van der Waals surface area (Å²) in [7, 11) is 0. The number of ether oxygens (including phenoxy) is 2. The highest BCUT2D eigenvalue weighted by Gasteiger charge is 2.17. The standard InChI is InChI=1S/C13H18FNO2/c14-9-10-7-11(3-1-2-4-15)13-12(8-10)16-5-6-17-13/h7-8H,1-6,9,15H2. The molecule has 0 amide bonds. The molecule has 2 N–H and O–H groups in total. The lowest BCUT2D eigenvalue weighted by molar-refractivity contribution is 0.169. The molecule has 0 saturated heterocycles. The first-order chi connectivity index (χ1) is 8.35. The molecular weight excluding hydrogens is 221 g/mol. The Hall–Kier alpha value is -1.29. The number of unbranched alkanes of at least 4 members (excludes halogenated alkanes) is 1. The minimum Gasteiger partial charge on any atom is -0.486 e. The van der Waals surface area contributed by atoms with E-state index in [1.807, 2.05) is 6.07 Å². The highest BCUT2D eigenvalue weighted by Crippen LogP contribution is 2.36. The zero-order chi connectivity index (χ0) is 12.1. The van der Waals surface area contributed by atoms with Gasteiger partial charge >= 0.3 is 0 Å². The molecule has 0 aliphatic carbocycles. The van der Waals surface area contributed by atoms with Gasteiger partial charge in [-0.1, -0.05) is 0 Å². The monoisotopic (exact) mass is 239 g/mol. The van der Waals surface area contributed by atoms with Gasteiger partial charge in [-0.3, -0.25) is 0 Å². The molecule has 0 unspecified atom stereocenters. The minimum absolute atomic E-state index is 0.472. The van der Waals surface area contributed by atoms with Crippen molar-refractivity contribution in [2.75, 3.05) is 19.8 Å². The lowest BCUT2D eigenvalue weighted by Crippen LogP contribution is -2.17. The van der Waals surface area contributed by atoms with Crippen molar-refractivity contribution >= 4 is 0 Å². The molecule has 0 atom stereocenters. The van der Waals surface area contributed by atoms with Crippen LogP contribution in [0.5, 0.6) is 11.5 Å². The van der Waals surface area contributed by atoms with Gasteiger partial charge < -0.3 is 15.2 Å². The van der Waals surface area contributed by atoms with Crippen LogP contribution in [0.4, 0.5) is 4.39 Å². The predicted octanol–water partition coefficient (Wildman–Crippen LogP) is 2.21. The molecule has 1 aliphatic heterocycles. The fraction of sp³-hybridized carbons (Fsp3) is 0.538. The summed E-state index contributed by atoms with van der Waals surface area (Å²) in [5.41, 5.74) is 7.15. The van der Waals surface area contributed by atoms with E-state index in [0.29, 0.717) is 31.1 Å². The highest BCUT2D eigenvalue weighted by molar-refractivity contribution is 5.50. The Kier molecular flexibility index (Phi) is 4.20. The molecule has 1 heterocycles. The van der Waals surface area contributed by atoms with Crippen molar-refractivity contribution in [3.63, 3.8) is 0 Å². The van der Waals surface area contributed by atoms with Crippen molar-refractivity contribution in [1.29, 1.82) is 0 Å². The van der Waals surface area contributed by atoms with Gasteiger partial charge in [0.05, 0.1) is 0 Å². The topological polar surface area (TPSA) is 44.5 Å². The second kappa shape index (κ2) is 5.87. The Morgan fingerprint density at radius 2 is 2.00 bits per heavy atom. The summed E-state index contributed by atoms with van der Waals surface area (Å²) in [5, 5.41) is 0. The molecule has 1 aromatic carbocycles. The molecule has 0 fully saturated rings. The van der Waals surface area contributed by atoms with Gasteiger partial charge in [-0.05, 0) is 49.1 Å². The van der Waals surface area contributed by atoms with Crippen molar-refractivity contribution in [2.45, 2.75) is 25.9 Å². The number of benzene rings is 1.